The van der Waals surface area contributed by atoms with Crippen LogP contribution in [-0.4, -0.2) is 10.2 Å². The predicted octanol–water partition coefficient (Wildman–Crippen LogP) is 4.28. The topological polar surface area (TPSA) is 48.2 Å². The molecule has 5 heteroatoms. The summed E-state index contributed by atoms with van der Waals surface area (Å²) >= 11 is 5.91. The Morgan fingerprint density at radius 3 is 2.67 bits per heavy atom. The van der Waals surface area contributed by atoms with E-state index in [2.05, 4.69) is 10.2 Å². The third kappa shape index (κ3) is 3.23. The molecule has 0 saturated carbocycles. The van der Waals surface area contributed by atoms with Crippen LogP contribution in [0.1, 0.15) is 11.5 Å². The lowest BCUT2D eigenvalue weighted by Crippen LogP contribution is -1.97. The van der Waals surface area contributed by atoms with Crippen LogP contribution in [0.4, 0.5) is 0 Å². The number of rotatable bonds is 4. The van der Waals surface area contributed by atoms with Crippen LogP contribution in [-0.2, 0) is 6.61 Å². The van der Waals surface area contributed by atoms with Gasteiger partial charge in [0, 0.05) is 10.6 Å². The first-order chi connectivity index (χ1) is 10.2. The minimum atomic E-state index is 0.225. The summed E-state index contributed by atoms with van der Waals surface area (Å²) in [5.41, 5.74) is 1.85. The van der Waals surface area contributed by atoms with Gasteiger partial charge in [0.2, 0.25) is 5.89 Å². The van der Waals surface area contributed by atoms with Gasteiger partial charge in [-0.25, -0.2) is 0 Å². The zero-order chi connectivity index (χ0) is 14.7. The number of hydrogen-bond donors (Lipinski definition) is 0. The zero-order valence-corrected chi connectivity index (χ0v) is 12.2. The normalized spacial score (nSPS) is 10.6. The highest BCUT2D eigenvalue weighted by molar-refractivity contribution is 6.30. The monoisotopic (exact) mass is 300 g/mol. The molecule has 0 bridgehead atoms. The fourth-order valence-corrected chi connectivity index (χ4v) is 2.15. The molecular weight excluding hydrogens is 288 g/mol. The molecule has 21 heavy (non-hydrogen) atoms. The van der Waals surface area contributed by atoms with E-state index < -0.39 is 0 Å². The Kier molecular flexibility index (Phi) is 3.88. The van der Waals surface area contributed by atoms with Crippen molar-refractivity contribution in [1.82, 2.24) is 10.2 Å². The number of ether oxygens (including phenoxy) is 1. The number of aromatic nitrogens is 2. The maximum absolute atomic E-state index is 5.91. The van der Waals surface area contributed by atoms with Gasteiger partial charge in [-0.05, 0) is 42.8 Å². The minimum absolute atomic E-state index is 0.225. The quantitative estimate of drug-likeness (QED) is 0.721. The summed E-state index contributed by atoms with van der Waals surface area (Å²) in [6, 6.07) is 15.1. The van der Waals surface area contributed by atoms with Crippen LogP contribution in [0.5, 0.6) is 5.75 Å². The third-order valence-corrected chi connectivity index (χ3v) is 3.21. The third-order valence-electron chi connectivity index (χ3n) is 2.98. The van der Waals surface area contributed by atoms with Crippen LogP contribution in [0, 0.1) is 6.92 Å². The average molecular weight is 301 g/mol. The van der Waals surface area contributed by atoms with E-state index in [1.165, 1.54) is 0 Å². The van der Waals surface area contributed by atoms with Crippen molar-refractivity contribution in [2.24, 2.45) is 0 Å². The lowest BCUT2D eigenvalue weighted by atomic mass is 10.2. The molecule has 2 aromatic carbocycles. The highest BCUT2D eigenvalue weighted by atomic mass is 35.5. The van der Waals surface area contributed by atoms with Crippen LogP contribution >= 0.6 is 11.6 Å². The Hall–Kier alpha value is -2.33. The van der Waals surface area contributed by atoms with E-state index in [1.54, 1.807) is 6.07 Å². The molecule has 0 atom stereocenters. The van der Waals surface area contributed by atoms with Crippen molar-refractivity contribution in [1.29, 1.82) is 0 Å². The summed E-state index contributed by atoms with van der Waals surface area (Å²) in [4.78, 5) is 0. The van der Waals surface area contributed by atoms with Crippen molar-refractivity contribution in [3.05, 3.63) is 65.0 Å². The molecule has 3 aromatic rings. The van der Waals surface area contributed by atoms with Crippen molar-refractivity contribution in [2.75, 3.05) is 0 Å². The summed E-state index contributed by atoms with van der Waals surface area (Å²) in [7, 11) is 0. The second kappa shape index (κ2) is 5.97. The Balaban J connectivity index is 1.70. The van der Waals surface area contributed by atoms with Gasteiger partial charge in [-0.2, -0.15) is 0 Å². The Labute approximate surface area is 127 Å². The predicted molar refractivity (Wildman–Crippen MR) is 80.3 cm³/mol. The standard InChI is InChI=1S/C16H13ClN2O2/c1-11-9-13(17)7-8-14(11)20-10-15-18-19-16(21-15)12-5-3-2-4-6-12/h2-9H,10H2,1H3. The summed E-state index contributed by atoms with van der Waals surface area (Å²) in [6.07, 6.45) is 0. The Bertz CT molecular complexity index is 741. The SMILES string of the molecule is Cc1cc(Cl)ccc1OCc1nnc(-c2ccccc2)o1. The first-order valence-corrected chi connectivity index (χ1v) is 6.87. The number of aryl methyl sites for hydroxylation is 1. The van der Waals surface area contributed by atoms with Gasteiger partial charge in [0.25, 0.3) is 5.89 Å². The number of nitrogens with zero attached hydrogens (tertiary/aromatic N) is 2. The summed E-state index contributed by atoms with van der Waals surface area (Å²) < 4.78 is 11.3. The number of halogens is 1. The van der Waals surface area contributed by atoms with E-state index >= 15 is 0 Å². The number of hydrogen-bond acceptors (Lipinski definition) is 4. The molecule has 0 aliphatic carbocycles. The molecule has 0 spiro atoms. The average Bonchev–Trinajstić information content (AvgIpc) is 2.96. The molecular formula is C16H13ClN2O2. The second-order valence-electron chi connectivity index (χ2n) is 4.57. The number of benzene rings is 2. The lowest BCUT2D eigenvalue weighted by Gasteiger charge is -2.06. The van der Waals surface area contributed by atoms with Crippen molar-refractivity contribution in [3.63, 3.8) is 0 Å². The van der Waals surface area contributed by atoms with E-state index in [0.717, 1.165) is 16.9 Å². The van der Waals surface area contributed by atoms with Crippen molar-refractivity contribution < 1.29 is 9.15 Å². The van der Waals surface area contributed by atoms with Crippen LogP contribution in [0.3, 0.4) is 0 Å². The molecule has 106 valence electrons. The molecule has 0 fully saturated rings. The van der Waals surface area contributed by atoms with Crippen molar-refractivity contribution >= 4 is 11.6 Å². The highest BCUT2D eigenvalue weighted by Crippen LogP contribution is 2.23. The van der Waals surface area contributed by atoms with Gasteiger partial charge >= 0.3 is 0 Å². The van der Waals surface area contributed by atoms with Gasteiger partial charge in [-0.1, -0.05) is 29.8 Å². The molecule has 0 saturated heterocycles. The lowest BCUT2D eigenvalue weighted by molar-refractivity contribution is 0.263. The van der Waals surface area contributed by atoms with E-state index in [1.807, 2.05) is 49.4 Å². The molecule has 1 aromatic heterocycles. The van der Waals surface area contributed by atoms with Crippen LogP contribution < -0.4 is 4.74 Å². The van der Waals surface area contributed by atoms with Gasteiger partial charge in [0.1, 0.15) is 5.75 Å². The van der Waals surface area contributed by atoms with E-state index in [-0.39, 0.29) is 6.61 Å². The minimum Gasteiger partial charge on any atom is -0.484 e. The fraction of sp³-hybridized carbons (Fsp3) is 0.125. The summed E-state index contributed by atoms with van der Waals surface area (Å²) in [5, 5.41) is 8.69. The molecule has 0 amide bonds. The van der Waals surface area contributed by atoms with Crippen molar-refractivity contribution in [2.45, 2.75) is 13.5 Å². The van der Waals surface area contributed by atoms with Gasteiger partial charge in [-0.15, -0.1) is 10.2 Å². The van der Waals surface area contributed by atoms with Gasteiger partial charge in [0.05, 0.1) is 0 Å². The van der Waals surface area contributed by atoms with E-state index in [9.17, 15) is 0 Å². The fourth-order valence-electron chi connectivity index (χ4n) is 1.92. The van der Waals surface area contributed by atoms with Gasteiger partial charge < -0.3 is 9.15 Å². The highest BCUT2D eigenvalue weighted by Gasteiger charge is 2.09. The van der Waals surface area contributed by atoms with Crippen LogP contribution in [0.2, 0.25) is 5.02 Å². The molecule has 3 rings (SSSR count). The molecule has 4 nitrogen and oxygen atoms in total. The summed E-state index contributed by atoms with van der Waals surface area (Å²) in [5.74, 6) is 1.67. The van der Waals surface area contributed by atoms with Crippen molar-refractivity contribution in [3.8, 4) is 17.2 Å². The molecule has 0 radical (unpaired) electrons. The largest absolute Gasteiger partial charge is 0.484 e. The second-order valence-corrected chi connectivity index (χ2v) is 5.00. The summed E-state index contributed by atoms with van der Waals surface area (Å²) in [6.45, 7) is 2.16. The van der Waals surface area contributed by atoms with Gasteiger partial charge in [0.15, 0.2) is 6.61 Å². The Morgan fingerprint density at radius 2 is 1.90 bits per heavy atom. The first-order valence-electron chi connectivity index (χ1n) is 6.49. The van der Waals surface area contributed by atoms with Gasteiger partial charge in [-0.3, -0.25) is 0 Å². The van der Waals surface area contributed by atoms with Crippen LogP contribution in [0.15, 0.2) is 52.9 Å². The molecule has 0 N–H and O–H groups in total. The zero-order valence-electron chi connectivity index (χ0n) is 11.4. The first kappa shape index (κ1) is 13.6. The molecule has 1 heterocycles. The van der Waals surface area contributed by atoms with Crippen LogP contribution in [0.25, 0.3) is 11.5 Å². The van der Waals surface area contributed by atoms with E-state index in [4.69, 9.17) is 20.8 Å². The maximum Gasteiger partial charge on any atom is 0.254 e. The molecule has 0 unspecified atom stereocenters. The smallest absolute Gasteiger partial charge is 0.254 e. The Morgan fingerprint density at radius 1 is 1.10 bits per heavy atom. The maximum atomic E-state index is 5.91. The molecule has 0 aliphatic rings. The van der Waals surface area contributed by atoms with E-state index in [0.29, 0.717) is 16.8 Å². The molecule has 0 aliphatic heterocycles.